The smallest absolute Gasteiger partial charge is 0.260 e. The Kier molecular flexibility index (Phi) is 3.04. The van der Waals surface area contributed by atoms with E-state index in [4.69, 9.17) is 0 Å². The Morgan fingerprint density at radius 2 is 2.09 bits per heavy atom. The van der Waals surface area contributed by atoms with Crippen molar-refractivity contribution in [3.8, 4) is 11.3 Å². The Labute approximate surface area is 132 Å². The first-order valence-electron chi connectivity index (χ1n) is 7.77. The van der Waals surface area contributed by atoms with Gasteiger partial charge in [-0.2, -0.15) is 5.10 Å². The second-order valence-corrected chi connectivity index (χ2v) is 6.46. The van der Waals surface area contributed by atoms with Gasteiger partial charge in [-0.25, -0.2) is 8.78 Å². The lowest BCUT2D eigenvalue weighted by atomic mass is 10.00. The zero-order valence-electron chi connectivity index (χ0n) is 12.7. The number of nitrogens with one attached hydrogen (secondary N) is 1. The summed E-state index contributed by atoms with van der Waals surface area (Å²) in [4.78, 5) is 11.9. The summed E-state index contributed by atoms with van der Waals surface area (Å²) < 4.78 is 27.7. The molecular weight excluding hydrogens is 300 g/mol. The van der Waals surface area contributed by atoms with E-state index in [1.54, 1.807) is 10.7 Å². The number of anilines is 1. The van der Waals surface area contributed by atoms with Crippen molar-refractivity contribution in [2.45, 2.75) is 31.1 Å². The molecule has 2 saturated carbocycles. The number of halogens is 2. The van der Waals surface area contributed by atoms with Crippen molar-refractivity contribution in [3.05, 3.63) is 36.0 Å². The molecule has 2 fully saturated rings. The molecule has 4 nitrogen and oxygen atoms in total. The molecule has 0 unspecified atom stereocenters. The monoisotopic (exact) mass is 317 g/mol. The number of benzene rings is 1. The first kappa shape index (κ1) is 14.4. The van der Waals surface area contributed by atoms with Crippen LogP contribution in [-0.2, 0) is 11.8 Å². The quantitative estimate of drug-likeness (QED) is 0.937. The third-order valence-corrected chi connectivity index (χ3v) is 4.47. The van der Waals surface area contributed by atoms with Crippen molar-refractivity contribution < 1.29 is 13.6 Å². The first-order chi connectivity index (χ1) is 10.9. The molecule has 1 atom stereocenters. The fourth-order valence-corrected chi connectivity index (χ4v) is 2.89. The normalized spacial score (nSPS) is 22.0. The van der Waals surface area contributed by atoms with Crippen LogP contribution in [0, 0.1) is 5.92 Å². The van der Waals surface area contributed by atoms with E-state index >= 15 is 0 Å². The van der Waals surface area contributed by atoms with Gasteiger partial charge in [-0.3, -0.25) is 9.48 Å². The van der Waals surface area contributed by atoms with Gasteiger partial charge >= 0.3 is 0 Å². The van der Waals surface area contributed by atoms with Gasteiger partial charge in [-0.15, -0.1) is 0 Å². The van der Waals surface area contributed by atoms with Gasteiger partial charge in [0.25, 0.3) is 5.92 Å². The molecule has 0 bridgehead atoms. The van der Waals surface area contributed by atoms with Gasteiger partial charge in [0.1, 0.15) is 5.92 Å². The van der Waals surface area contributed by atoms with E-state index in [0.717, 1.165) is 24.1 Å². The topological polar surface area (TPSA) is 46.9 Å². The van der Waals surface area contributed by atoms with Gasteiger partial charge in [0, 0.05) is 30.9 Å². The third-order valence-electron chi connectivity index (χ3n) is 4.47. The molecule has 2 aliphatic carbocycles. The molecule has 1 N–H and O–H groups in total. The summed E-state index contributed by atoms with van der Waals surface area (Å²) in [6.45, 7) is 0. The lowest BCUT2D eigenvalue weighted by molar-refractivity contribution is -0.119. The first-order valence-corrected chi connectivity index (χ1v) is 7.77. The number of alkyl halides is 2. The molecule has 0 radical (unpaired) electrons. The fraction of sp³-hybridized carbons (Fsp3) is 0.412. The summed E-state index contributed by atoms with van der Waals surface area (Å²) in [6.07, 6.45) is 3.81. The maximum absolute atomic E-state index is 13.0. The lowest BCUT2D eigenvalue weighted by Crippen LogP contribution is -2.17. The molecule has 120 valence electrons. The van der Waals surface area contributed by atoms with Gasteiger partial charge in [0.15, 0.2) is 0 Å². The van der Waals surface area contributed by atoms with Crippen LogP contribution in [0.1, 0.15) is 30.7 Å². The largest absolute Gasteiger partial charge is 0.326 e. The van der Waals surface area contributed by atoms with Crippen LogP contribution in [0.3, 0.4) is 0 Å². The number of amides is 1. The summed E-state index contributed by atoms with van der Waals surface area (Å²) in [7, 11) is 1.85. The highest BCUT2D eigenvalue weighted by molar-refractivity contribution is 5.96. The number of aromatic nitrogens is 2. The second kappa shape index (κ2) is 4.88. The number of carbonyl (C=O) groups excluding carboxylic acids is 1. The summed E-state index contributed by atoms with van der Waals surface area (Å²) >= 11 is 0. The Hall–Kier alpha value is -2.24. The predicted molar refractivity (Wildman–Crippen MR) is 82.3 cm³/mol. The minimum Gasteiger partial charge on any atom is -0.326 e. The van der Waals surface area contributed by atoms with Crippen molar-refractivity contribution in [1.82, 2.24) is 9.78 Å². The van der Waals surface area contributed by atoms with Gasteiger partial charge in [0.2, 0.25) is 5.91 Å². The van der Waals surface area contributed by atoms with E-state index < -0.39 is 17.7 Å². The molecule has 0 spiro atoms. The van der Waals surface area contributed by atoms with Crippen LogP contribution in [0.15, 0.2) is 30.5 Å². The van der Waals surface area contributed by atoms with Crippen LogP contribution in [0.4, 0.5) is 14.5 Å². The standard InChI is InChI=1S/C17H17F2N3O/c1-22-7-6-15(21-22)13-8-11(4-5-12(13)10-2-3-10)20-16(23)14-9-17(14,18)19/h4-8,10,14H,2-3,9H2,1H3,(H,20,23)/t14-/m0/s1. The summed E-state index contributed by atoms with van der Waals surface area (Å²) in [5.74, 6) is -4.11. The Balaban J connectivity index is 1.63. The minimum atomic E-state index is -2.85. The minimum absolute atomic E-state index is 0.355. The molecule has 0 aliphatic heterocycles. The van der Waals surface area contributed by atoms with Crippen molar-refractivity contribution in [2.75, 3.05) is 5.32 Å². The zero-order valence-corrected chi connectivity index (χ0v) is 12.7. The molecule has 1 aromatic carbocycles. The maximum atomic E-state index is 13.0. The number of hydrogen-bond acceptors (Lipinski definition) is 2. The molecule has 6 heteroatoms. The summed E-state index contributed by atoms with van der Waals surface area (Å²) in [5, 5.41) is 7.04. The van der Waals surface area contributed by atoms with Crippen molar-refractivity contribution in [1.29, 1.82) is 0 Å². The number of nitrogens with zero attached hydrogens (tertiary/aromatic N) is 2. The fourth-order valence-electron chi connectivity index (χ4n) is 2.89. The van der Waals surface area contributed by atoms with E-state index in [2.05, 4.69) is 10.4 Å². The van der Waals surface area contributed by atoms with E-state index in [0.29, 0.717) is 11.6 Å². The van der Waals surface area contributed by atoms with Crippen molar-refractivity contribution in [3.63, 3.8) is 0 Å². The molecule has 2 aromatic rings. The molecule has 1 aromatic heterocycles. The molecule has 23 heavy (non-hydrogen) atoms. The summed E-state index contributed by atoms with van der Waals surface area (Å²) in [5.41, 5.74) is 3.55. The number of carbonyl (C=O) groups is 1. The van der Waals surface area contributed by atoms with E-state index in [1.807, 2.05) is 31.4 Å². The Morgan fingerprint density at radius 1 is 1.35 bits per heavy atom. The molecule has 1 heterocycles. The van der Waals surface area contributed by atoms with Crippen molar-refractivity contribution >= 4 is 11.6 Å². The highest BCUT2D eigenvalue weighted by atomic mass is 19.3. The summed E-state index contributed by atoms with van der Waals surface area (Å²) in [6, 6.07) is 7.52. The maximum Gasteiger partial charge on any atom is 0.260 e. The van der Waals surface area contributed by atoms with Crippen LogP contribution in [-0.4, -0.2) is 21.6 Å². The van der Waals surface area contributed by atoms with E-state index in [9.17, 15) is 13.6 Å². The lowest BCUT2D eigenvalue weighted by Gasteiger charge is -2.11. The average molecular weight is 317 g/mol. The van der Waals surface area contributed by atoms with Gasteiger partial charge in [-0.05, 0) is 42.5 Å². The highest BCUT2D eigenvalue weighted by Crippen LogP contribution is 2.49. The van der Waals surface area contributed by atoms with Gasteiger partial charge in [-0.1, -0.05) is 6.07 Å². The zero-order chi connectivity index (χ0) is 16.2. The van der Waals surface area contributed by atoms with Gasteiger partial charge in [0.05, 0.1) is 5.69 Å². The van der Waals surface area contributed by atoms with Crippen molar-refractivity contribution in [2.24, 2.45) is 13.0 Å². The van der Waals surface area contributed by atoms with Crippen LogP contribution in [0.25, 0.3) is 11.3 Å². The molecule has 2 aliphatic rings. The molecular formula is C17H17F2N3O. The second-order valence-electron chi connectivity index (χ2n) is 6.46. The highest BCUT2D eigenvalue weighted by Gasteiger charge is 2.61. The average Bonchev–Trinajstić information content (AvgIpc) is 3.39. The molecule has 0 saturated heterocycles. The number of hydrogen-bond donors (Lipinski definition) is 1. The Morgan fingerprint density at radius 3 is 2.65 bits per heavy atom. The van der Waals surface area contributed by atoms with Gasteiger partial charge < -0.3 is 5.32 Å². The van der Waals surface area contributed by atoms with Crippen LogP contribution < -0.4 is 5.32 Å². The number of rotatable bonds is 4. The predicted octanol–water partition coefficient (Wildman–Crippen LogP) is 3.56. The SMILES string of the molecule is Cn1ccc(-c2cc(NC(=O)[C@@H]3CC3(F)F)ccc2C2CC2)n1. The van der Waals surface area contributed by atoms with E-state index in [1.165, 1.54) is 5.56 Å². The molecule has 4 rings (SSSR count). The Bertz CT molecular complexity index is 780. The van der Waals surface area contributed by atoms with E-state index in [-0.39, 0.29) is 6.42 Å². The third kappa shape index (κ3) is 2.73. The van der Waals surface area contributed by atoms with Crippen LogP contribution in [0.5, 0.6) is 0 Å². The number of aryl methyl sites for hydroxylation is 1. The molecule has 1 amide bonds. The van der Waals surface area contributed by atoms with Crippen LogP contribution >= 0.6 is 0 Å². The van der Waals surface area contributed by atoms with Crippen LogP contribution in [0.2, 0.25) is 0 Å².